The lowest BCUT2D eigenvalue weighted by atomic mass is 9.76. The number of methoxy groups -OCH3 is 3. The third kappa shape index (κ3) is 3.83. The van der Waals surface area contributed by atoms with E-state index in [1.165, 1.54) is 7.11 Å². The molecule has 2 fully saturated rings. The molecule has 2 saturated heterocycles. The highest BCUT2D eigenvalue weighted by atomic mass is 16.5. The van der Waals surface area contributed by atoms with Crippen LogP contribution in [0.1, 0.15) is 24.8 Å². The number of hydrogen-bond acceptors (Lipinski definition) is 6. The van der Waals surface area contributed by atoms with Crippen LogP contribution in [-0.4, -0.2) is 68.2 Å². The van der Waals surface area contributed by atoms with Crippen LogP contribution in [0.3, 0.4) is 0 Å². The van der Waals surface area contributed by atoms with Crippen LogP contribution in [0, 0.1) is 5.92 Å². The molecule has 0 aromatic heterocycles. The molecule has 158 valence electrons. The second-order valence-electron chi connectivity index (χ2n) is 7.61. The monoisotopic (exact) mass is 402 g/mol. The van der Waals surface area contributed by atoms with Gasteiger partial charge in [0.25, 0.3) is 0 Å². The largest absolute Gasteiger partial charge is 0.493 e. The Bertz CT molecular complexity index is 770. The normalized spacial score (nSPS) is 21.3. The first-order valence-corrected chi connectivity index (χ1v) is 9.92. The molecule has 1 atom stereocenters. The second-order valence-corrected chi connectivity index (χ2v) is 7.61. The van der Waals surface area contributed by atoms with Gasteiger partial charge in [0, 0.05) is 38.2 Å². The van der Waals surface area contributed by atoms with Gasteiger partial charge in [-0.2, -0.15) is 0 Å². The number of piperidine rings is 1. The minimum atomic E-state index is -0.493. The number of carbonyl (C=O) groups excluding carboxylic acids is 2. The zero-order valence-corrected chi connectivity index (χ0v) is 17.5. The van der Waals surface area contributed by atoms with E-state index in [4.69, 9.17) is 14.2 Å². The highest BCUT2D eigenvalue weighted by Gasteiger charge is 2.56. The molecule has 0 radical (unpaired) electrons. The van der Waals surface area contributed by atoms with Gasteiger partial charge in [-0.1, -0.05) is 18.2 Å². The Hall–Kier alpha value is -2.54. The van der Waals surface area contributed by atoms with E-state index in [9.17, 15) is 9.59 Å². The first-order chi connectivity index (χ1) is 14.0. The molecule has 29 heavy (non-hydrogen) atoms. The maximum Gasteiger partial charge on any atom is 0.311 e. The summed E-state index contributed by atoms with van der Waals surface area (Å²) in [6.07, 6.45) is 3.38. The quantitative estimate of drug-likeness (QED) is 0.515. The van der Waals surface area contributed by atoms with Crippen molar-refractivity contribution in [3.05, 3.63) is 36.4 Å². The van der Waals surface area contributed by atoms with Gasteiger partial charge in [-0.3, -0.25) is 14.5 Å². The average Bonchev–Trinajstić information content (AvgIpc) is 3.01. The lowest BCUT2D eigenvalue weighted by molar-refractivity contribution is -0.150. The molecule has 0 N–H and O–H groups in total. The van der Waals surface area contributed by atoms with Crippen molar-refractivity contribution in [1.82, 2.24) is 9.80 Å². The van der Waals surface area contributed by atoms with E-state index in [1.54, 1.807) is 20.3 Å². The van der Waals surface area contributed by atoms with Gasteiger partial charge >= 0.3 is 5.97 Å². The summed E-state index contributed by atoms with van der Waals surface area (Å²) in [5.74, 6) is 0.735. The van der Waals surface area contributed by atoms with Gasteiger partial charge < -0.3 is 19.1 Å². The summed E-state index contributed by atoms with van der Waals surface area (Å²) in [6, 6.07) is 5.87. The first-order valence-electron chi connectivity index (χ1n) is 9.92. The van der Waals surface area contributed by atoms with Gasteiger partial charge in [0.15, 0.2) is 11.5 Å². The van der Waals surface area contributed by atoms with Gasteiger partial charge in [-0.15, -0.1) is 6.58 Å². The maximum atomic E-state index is 12.6. The molecular weight excluding hydrogens is 372 g/mol. The zero-order chi connectivity index (χ0) is 21.0. The van der Waals surface area contributed by atoms with Crippen molar-refractivity contribution in [2.24, 2.45) is 5.92 Å². The molecule has 1 aromatic carbocycles. The number of benzene rings is 1. The molecule has 7 nitrogen and oxygen atoms in total. The number of rotatable bonds is 7. The third-order valence-electron chi connectivity index (χ3n) is 6.26. The fourth-order valence-electron chi connectivity index (χ4n) is 4.80. The number of carbonyl (C=O) groups is 2. The van der Waals surface area contributed by atoms with Gasteiger partial charge in [0.2, 0.25) is 5.91 Å². The minimum Gasteiger partial charge on any atom is -0.493 e. The predicted molar refractivity (Wildman–Crippen MR) is 109 cm³/mol. The van der Waals surface area contributed by atoms with Gasteiger partial charge in [0.1, 0.15) is 0 Å². The standard InChI is InChI=1S/C22H30N2O5/c1-5-11-24-19(25)14-17(21(26)29-4)22(24)9-12-23(13-10-22)15-16-7-6-8-18(27-2)20(16)28-3/h5-8,17H,1,9-15H2,2-4H3. The van der Waals surface area contributed by atoms with E-state index in [0.717, 1.165) is 43.8 Å². The first kappa shape index (κ1) is 21.2. The lowest BCUT2D eigenvalue weighted by Crippen LogP contribution is -2.57. The van der Waals surface area contributed by atoms with Crippen LogP contribution in [-0.2, 0) is 20.9 Å². The average molecular weight is 402 g/mol. The Kier molecular flexibility index (Phi) is 6.47. The smallest absolute Gasteiger partial charge is 0.311 e. The number of esters is 1. The summed E-state index contributed by atoms with van der Waals surface area (Å²) >= 11 is 0. The molecule has 0 aliphatic carbocycles. The van der Waals surface area contributed by atoms with Crippen LogP contribution in [0.5, 0.6) is 11.5 Å². The minimum absolute atomic E-state index is 0.00298. The Labute approximate surface area is 172 Å². The van der Waals surface area contributed by atoms with E-state index >= 15 is 0 Å². The number of likely N-dealkylation sites (tertiary alicyclic amines) is 2. The molecule has 1 spiro atoms. The Morgan fingerprint density at radius 3 is 2.55 bits per heavy atom. The summed E-state index contributed by atoms with van der Waals surface area (Å²) in [4.78, 5) is 29.2. The molecule has 1 amide bonds. The number of amides is 1. The summed E-state index contributed by atoms with van der Waals surface area (Å²) in [7, 11) is 4.66. The second kappa shape index (κ2) is 8.86. The van der Waals surface area contributed by atoms with Crippen molar-refractivity contribution in [2.75, 3.05) is 41.0 Å². The van der Waals surface area contributed by atoms with Crippen LogP contribution in [0.4, 0.5) is 0 Å². The summed E-state index contributed by atoms with van der Waals surface area (Å²) in [6.45, 7) is 6.50. The molecule has 0 bridgehead atoms. The topological polar surface area (TPSA) is 68.3 Å². The van der Waals surface area contributed by atoms with E-state index in [-0.39, 0.29) is 18.3 Å². The molecule has 0 saturated carbocycles. The van der Waals surface area contributed by atoms with E-state index in [1.807, 2.05) is 23.1 Å². The Morgan fingerprint density at radius 2 is 1.97 bits per heavy atom. The van der Waals surface area contributed by atoms with Crippen LogP contribution in [0.25, 0.3) is 0 Å². The molecule has 2 heterocycles. The fourth-order valence-corrected chi connectivity index (χ4v) is 4.80. The van der Waals surface area contributed by atoms with Crippen molar-refractivity contribution in [3.8, 4) is 11.5 Å². The highest BCUT2D eigenvalue weighted by Crippen LogP contribution is 2.44. The van der Waals surface area contributed by atoms with Crippen LogP contribution < -0.4 is 9.47 Å². The Balaban J connectivity index is 1.78. The van der Waals surface area contributed by atoms with Crippen LogP contribution in [0.15, 0.2) is 30.9 Å². The van der Waals surface area contributed by atoms with Crippen molar-refractivity contribution >= 4 is 11.9 Å². The van der Waals surface area contributed by atoms with Crippen LogP contribution in [0.2, 0.25) is 0 Å². The maximum absolute atomic E-state index is 12.6. The molecule has 2 aliphatic rings. The van der Waals surface area contributed by atoms with Crippen molar-refractivity contribution in [2.45, 2.75) is 31.3 Å². The predicted octanol–water partition coefficient (Wildman–Crippen LogP) is 2.25. The Morgan fingerprint density at radius 1 is 1.24 bits per heavy atom. The number of nitrogens with zero attached hydrogens (tertiary/aromatic N) is 2. The molecule has 2 aliphatic heterocycles. The third-order valence-corrected chi connectivity index (χ3v) is 6.26. The highest BCUT2D eigenvalue weighted by molar-refractivity contribution is 5.89. The summed E-state index contributed by atoms with van der Waals surface area (Å²) in [5.41, 5.74) is 0.561. The van der Waals surface area contributed by atoms with Crippen molar-refractivity contribution < 1.29 is 23.8 Å². The van der Waals surface area contributed by atoms with Crippen molar-refractivity contribution in [1.29, 1.82) is 0 Å². The SMILES string of the molecule is C=CCN1C(=O)CC(C(=O)OC)C12CCN(Cc1cccc(OC)c1OC)CC2. The van der Waals surface area contributed by atoms with Crippen LogP contribution >= 0.6 is 0 Å². The fraction of sp³-hybridized carbons (Fsp3) is 0.545. The van der Waals surface area contributed by atoms with Crippen molar-refractivity contribution in [3.63, 3.8) is 0 Å². The zero-order valence-electron chi connectivity index (χ0n) is 17.5. The lowest BCUT2D eigenvalue weighted by Gasteiger charge is -2.47. The van der Waals surface area contributed by atoms with E-state index in [2.05, 4.69) is 11.5 Å². The van der Waals surface area contributed by atoms with Gasteiger partial charge in [-0.05, 0) is 18.9 Å². The molecular formula is C22H30N2O5. The molecule has 7 heteroatoms. The summed E-state index contributed by atoms with van der Waals surface area (Å²) in [5, 5.41) is 0. The summed E-state index contributed by atoms with van der Waals surface area (Å²) < 4.78 is 16.0. The molecule has 1 aromatic rings. The molecule has 1 unspecified atom stereocenters. The van der Waals surface area contributed by atoms with Gasteiger partial charge in [0.05, 0.1) is 32.8 Å². The number of hydrogen-bond donors (Lipinski definition) is 0. The molecule has 3 rings (SSSR count). The number of ether oxygens (including phenoxy) is 3. The van der Waals surface area contributed by atoms with E-state index in [0.29, 0.717) is 12.3 Å². The van der Waals surface area contributed by atoms with Gasteiger partial charge in [-0.25, -0.2) is 0 Å². The van der Waals surface area contributed by atoms with E-state index < -0.39 is 11.5 Å². The number of para-hydroxylation sites is 1.